The predicted molar refractivity (Wildman–Crippen MR) is 80.9 cm³/mol. The van der Waals surface area contributed by atoms with E-state index in [-0.39, 0.29) is 11.6 Å². The number of hydrogen-bond donors (Lipinski definition) is 2. The Morgan fingerprint density at radius 3 is 2.57 bits per heavy atom. The van der Waals surface area contributed by atoms with Crippen LogP contribution in [-0.2, 0) is 6.18 Å². The summed E-state index contributed by atoms with van der Waals surface area (Å²) in [5, 5.41) is 5.62. The first-order chi connectivity index (χ1) is 9.79. The second kappa shape index (κ2) is 7.59. The monoisotopic (exact) mass is 320 g/mol. The Balaban J connectivity index is 3.08. The summed E-state index contributed by atoms with van der Waals surface area (Å²) >= 11 is 1.56. The summed E-state index contributed by atoms with van der Waals surface area (Å²) in [6, 6.07) is 3.04. The maximum absolute atomic E-state index is 12.8. The number of benzene rings is 1. The quantitative estimate of drug-likeness (QED) is 0.841. The van der Waals surface area contributed by atoms with Gasteiger partial charge in [-0.25, -0.2) is 0 Å². The van der Waals surface area contributed by atoms with Crippen LogP contribution in [0.1, 0.15) is 29.8 Å². The number of carbonyl (C=O) groups is 1. The number of rotatable bonds is 6. The first-order valence-corrected chi connectivity index (χ1v) is 7.93. The van der Waals surface area contributed by atoms with Gasteiger partial charge < -0.3 is 10.6 Å². The van der Waals surface area contributed by atoms with Crippen molar-refractivity contribution >= 4 is 23.4 Å². The normalized spacial score (nSPS) is 12.9. The van der Waals surface area contributed by atoms with Crippen molar-refractivity contribution in [1.82, 2.24) is 5.32 Å². The van der Waals surface area contributed by atoms with E-state index in [1.54, 1.807) is 11.8 Å². The molecule has 7 heteroatoms. The highest BCUT2D eigenvalue weighted by molar-refractivity contribution is 7.98. The Kier molecular flexibility index (Phi) is 6.39. The fourth-order valence-corrected chi connectivity index (χ4v) is 2.43. The Morgan fingerprint density at radius 2 is 2.05 bits per heavy atom. The summed E-state index contributed by atoms with van der Waals surface area (Å²) in [6.45, 7) is 4.15. The van der Waals surface area contributed by atoms with Crippen molar-refractivity contribution in [2.45, 2.75) is 26.1 Å². The fraction of sp³-hybridized carbons (Fsp3) is 0.500. The van der Waals surface area contributed by atoms with Gasteiger partial charge in [-0.3, -0.25) is 4.79 Å². The van der Waals surface area contributed by atoms with E-state index in [2.05, 4.69) is 10.6 Å². The number of hydrogen-bond acceptors (Lipinski definition) is 3. The van der Waals surface area contributed by atoms with Crippen molar-refractivity contribution in [2.75, 3.05) is 23.9 Å². The molecule has 3 nitrogen and oxygen atoms in total. The molecular formula is C14H19F3N2OS. The van der Waals surface area contributed by atoms with Crippen LogP contribution in [0.25, 0.3) is 0 Å². The molecule has 0 aliphatic carbocycles. The summed E-state index contributed by atoms with van der Waals surface area (Å²) in [4.78, 5) is 12.2. The third-order valence-electron chi connectivity index (χ3n) is 2.75. The maximum atomic E-state index is 12.8. The predicted octanol–water partition coefficient (Wildman–Crippen LogP) is 3.62. The number of halogens is 3. The minimum Gasteiger partial charge on any atom is -0.385 e. The van der Waals surface area contributed by atoms with E-state index < -0.39 is 17.6 Å². The number of alkyl halides is 3. The molecule has 0 saturated carbocycles. The molecule has 118 valence electrons. The molecule has 0 bridgehead atoms. The molecule has 0 saturated heterocycles. The molecule has 0 aliphatic heterocycles. The molecule has 1 aromatic rings. The van der Waals surface area contributed by atoms with Crippen LogP contribution >= 0.6 is 11.8 Å². The molecule has 0 aliphatic rings. The van der Waals surface area contributed by atoms with Gasteiger partial charge in [0.25, 0.3) is 5.91 Å². The second-order valence-electron chi connectivity index (χ2n) is 4.62. The van der Waals surface area contributed by atoms with Crippen LogP contribution in [0.5, 0.6) is 0 Å². The zero-order valence-electron chi connectivity index (χ0n) is 12.2. The van der Waals surface area contributed by atoms with Crippen molar-refractivity contribution in [3.8, 4) is 0 Å². The van der Waals surface area contributed by atoms with Gasteiger partial charge in [-0.05, 0) is 38.3 Å². The van der Waals surface area contributed by atoms with E-state index >= 15 is 0 Å². The van der Waals surface area contributed by atoms with Crippen molar-refractivity contribution in [3.63, 3.8) is 0 Å². The van der Waals surface area contributed by atoms with Crippen molar-refractivity contribution in [3.05, 3.63) is 29.3 Å². The lowest BCUT2D eigenvalue weighted by atomic mass is 10.1. The Hall–Kier alpha value is -1.37. The van der Waals surface area contributed by atoms with E-state index in [9.17, 15) is 18.0 Å². The summed E-state index contributed by atoms with van der Waals surface area (Å²) in [5.41, 5.74) is -0.411. The van der Waals surface area contributed by atoms with Crippen LogP contribution < -0.4 is 10.6 Å². The number of anilines is 1. The van der Waals surface area contributed by atoms with Crippen molar-refractivity contribution < 1.29 is 18.0 Å². The fourth-order valence-electron chi connectivity index (χ4n) is 1.85. The largest absolute Gasteiger partial charge is 0.416 e. The smallest absolute Gasteiger partial charge is 0.385 e. The minimum atomic E-state index is -4.47. The molecular weight excluding hydrogens is 301 g/mol. The highest BCUT2D eigenvalue weighted by atomic mass is 32.2. The molecule has 0 heterocycles. The standard InChI is InChI=1S/C14H19F3N2OS/c1-4-18-12-6-5-10(14(15,16)17)7-11(12)13(20)19-9(2)8-21-3/h5-7,9,18H,4,8H2,1-3H3,(H,19,20). The molecule has 0 fully saturated rings. The first-order valence-electron chi connectivity index (χ1n) is 6.54. The maximum Gasteiger partial charge on any atom is 0.416 e. The molecule has 1 aromatic carbocycles. The molecule has 1 atom stereocenters. The second-order valence-corrected chi connectivity index (χ2v) is 5.53. The van der Waals surface area contributed by atoms with Gasteiger partial charge in [-0.1, -0.05) is 0 Å². The van der Waals surface area contributed by atoms with E-state index in [0.717, 1.165) is 12.1 Å². The summed E-state index contributed by atoms with van der Waals surface area (Å²) in [7, 11) is 0. The van der Waals surface area contributed by atoms with Crippen LogP contribution in [-0.4, -0.2) is 30.5 Å². The minimum absolute atomic E-state index is 0.0135. The van der Waals surface area contributed by atoms with Gasteiger partial charge in [0.15, 0.2) is 0 Å². The summed E-state index contributed by atoms with van der Waals surface area (Å²) in [6.07, 6.45) is -2.57. The Morgan fingerprint density at radius 1 is 1.38 bits per heavy atom. The zero-order chi connectivity index (χ0) is 16.0. The molecule has 0 radical (unpaired) electrons. The lowest BCUT2D eigenvalue weighted by Crippen LogP contribution is -2.34. The number of thioether (sulfide) groups is 1. The molecule has 21 heavy (non-hydrogen) atoms. The van der Waals surface area contributed by atoms with Gasteiger partial charge in [0.2, 0.25) is 0 Å². The van der Waals surface area contributed by atoms with Crippen molar-refractivity contribution in [2.24, 2.45) is 0 Å². The molecule has 1 amide bonds. The van der Waals surface area contributed by atoms with Gasteiger partial charge >= 0.3 is 6.18 Å². The van der Waals surface area contributed by atoms with Crippen LogP contribution in [0.3, 0.4) is 0 Å². The van der Waals surface area contributed by atoms with Crippen LogP contribution in [0.4, 0.5) is 18.9 Å². The van der Waals surface area contributed by atoms with Gasteiger partial charge in [0, 0.05) is 24.0 Å². The van der Waals surface area contributed by atoms with E-state index in [4.69, 9.17) is 0 Å². The van der Waals surface area contributed by atoms with Crippen LogP contribution in [0.15, 0.2) is 18.2 Å². The van der Waals surface area contributed by atoms with Crippen LogP contribution in [0, 0.1) is 0 Å². The van der Waals surface area contributed by atoms with Crippen LogP contribution in [0.2, 0.25) is 0 Å². The Labute approximate surface area is 126 Å². The zero-order valence-corrected chi connectivity index (χ0v) is 13.0. The van der Waals surface area contributed by atoms with E-state index in [1.807, 2.05) is 20.1 Å². The number of nitrogens with one attached hydrogen (secondary N) is 2. The lowest BCUT2D eigenvalue weighted by molar-refractivity contribution is -0.137. The number of amides is 1. The van der Waals surface area contributed by atoms with Crippen molar-refractivity contribution in [1.29, 1.82) is 0 Å². The third-order valence-corrected chi connectivity index (χ3v) is 3.59. The number of carbonyl (C=O) groups excluding carboxylic acids is 1. The van der Waals surface area contributed by atoms with E-state index in [1.165, 1.54) is 6.07 Å². The van der Waals surface area contributed by atoms with Gasteiger partial charge in [-0.2, -0.15) is 24.9 Å². The molecule has 1 unspecified atom stereocenters. The highest BCUT2D eigenvalue weighted by Gasteiger charge is 2.31. The molecule has 1 rings (SSSR count). The summed E-state index contributed by atoms with van der Waals surface area (Å²) < 4.78 is 38.3. The molecule has 2 N–H and O–H groups in total. The highest BCUT2D eigenvalue weighted by Crippen LogP contribution is 2.31. The van der Waals surface area contributed by atoms with E-state index in [0.29, 0.717) is 18.0 Å². The van der Waals surface area contributed by atoms with Gasteiger partial charge in [0.05, 0.1) is 11.1 Å². The van der Waals surface area contributed by atoms with Gasteiger partial charge in [-0.15, -0.1) is 0 Å². The average Bonchev–Trinajstić information content (AvgIpc) is 2.38. The summed E-state index contributed by atoms with van der Waals surface area (Å²) in [5.74, 6) is 0.194. The molecule has 0 aromatic heterocycles. The average molecular weight is 320 g/mol. The Bertz CT molecular complexity index is 492. The first kappa shape index (κ1) is 17.7. The van der Waals surface area contributed by atoms with Gasteiger partial charge in [0.1, 0.15) is 0 Å². The third kappa shape index (κ3) is 5.15. The molecule has 0 spiro atoms. The topological polar surface area (TPSA) is 41.1 Å². The SMILES string of the molecule is CCNc1ccc(C(F)(F)F)cc1C(=O)NC(C)CSC. The lowest BCUT2D eigenvalue weighted by Gasteiger charge is -2.17.